The molecule has 0 aromatic heterocycles. The Kier molecular flexibility index (Phi) is 4.55. The van der Waals surface area contributed by atoms with Gasteiger partial charge in [-0.1, -0.05) is 0 Å². The SMILES string of the molecule is COC(=O)NC1CCN(CCC(C)=O)C1. The van der Waals surface area contributed by atoms with Gasteiger partial charge in [-0.2, -0.15) is 0 Å². The maximum absolute atomic E-state index is 10.9. The van der Waals surface area contributed by atoms with E-state index in [2.05, 4.69) is 15.0 Å². The summed E-state index contributed by atoms with van der Waals surface area (Å²) in [6.07, 6.45) is 1.13. The van der Waals surface area contributed by atoms with E-state index in [9.17, 15) is 9.59 Å². The molecule has 1 N–H and O–H groups in total. The van der Waals surface area contributed by atoms with Crippen LogP contribution in [0.5, 0.6) is 0 Å². The predicted molar refractivity (Wildman–Crippen MR) is 55.7 cm³/mol. The second kappa shape index (κ2) is 5.70. The van der Waals surface area contributed by atoms with Crippen molar-refractivity contribution in [1.82, 2.24) is 10.2 Å². The summed E-state index contributed by atoms with van der Waals surface area (Å²) in [5.41, 5.74) is 0. The highest BCUT2D eigenvalue weighted by Crippen LogP contribution is 2.09. The van der Waals surface area contributed by atoms with Crippen molar-refractivity contribution in [2.24, 2.45) is 0 Å². The van der Waals surface area contributed by atoms with E-state index in [1.54, 1.807) is 6.92 Å². The Morgan fingerprint density at radius 1 is 1.53 bits per heavy atom. The van der Waals surface area contributed by atoms with Crippen molar-refractivity contribution in [1.29, 1.82) is 0 Å². The van der Waals surface area contributed by atoms with Gasteiger partial charge in [0.25, 0.3) is 0 Å². The molecule has 1 aliphatic heterocycles. The lowest BCUT2D eigenvalue weighted by Gasteiger charge is -2.15. The molecule has 1 fully saturated rings. The van der Waals surface area contributed by atoms with Gasteiger partial charge in [0.05, 0.1) is 7.11 Å². The molecule has 5 nitrogen and oxygen atoms in total. The minimum atomic E-state index is -0.381. The van der Waals surface area contributed by atoms with Gasteiger partial charge in [-0.25, -0.2) is 4.79 Å². The van der Waals surface area contributed by atoms with Crippen LogP contribution >= 0.6 is 0 Å². The van der Waals surface area contributed by atoms with Crippen molar-refractivity contribution in [3.8, 4) is 0 Å². The number of methoxy groups -OCH3 is 1. The minimum Gasteiger partial charge on any atom is -0.453 e. The molecule has 1 rings (SSSR count). The normalized spacial score (nSPS) is 21.3. The number of ether oxygens (including phenoxy) is 1. The first-order chi connectivity index (χ1) is 7.11. The Balaban J connectivity index is 2.20. The smallest absolute Gasteiger partial charge is 0.407 e. The third kappa shape index (κ3) is 4.29. The van der Waals surface area contributed by atoms with Crippen molar-refractivity contribution >= 4 is 11.9 Å². The number of Topliss-reactive ketones (excluding diaryl/α,β-unsaturated/α-hetero) is 1. The number of nitrogens with zero attached hydrogens (tertiary/aromatic N) is 1. The van der Waals surface area contributed by atoms with E-state index < -0.39 is 0 Å². The first kappa shape index (κ1) is 12.0. The van der Waals surface area contributed by atoms with Crippen LogP contribution in [0, 0.1) is 0 Å². The van der Waals surface area contributed by atoms with Crippen LogP contribution in [0.4, 0.5) is 4.79 Å². The molecule has 0 aromatic rings. The molecule has 15 heavy (non-hydrogen) atoms. The number of nitrogens with one attached hydrogen (secondary N) is 1. The number of hydrogen-bond acceptors (Lipinski definition) is 4. The van der Waals surface area contributed by atoms with E-state index in [4.69, 9.17) is 0 Å². The first-order valence-corrected chi connectivity index (χ1v) is 5.18. The number of likely N-dealkylation sites (tertiary alicyclic amines) is 1. The summed E-state index contributed by atoms with van der Waals surface area (Å²) < 4.78 is 4.52. The molecule has 0 spiro atoms. The van der Waals surface area contributed by atoms with E-state index in [-0.39, 0.29) is 17.9 Å². The van der Waals surface area contributed by atoms with Crippen LogP contribution < -0.4 is 5.32 Å². The van der Waals surface area contributed by atoms with Crippen molar-refractivity contribution in [3.05, 3.63) is 0 Å². The fraction of sp³-hybridized carbons (Fsp3) is 0.800. The van der Waals surface area contributed by atoms with E-state index in [0.717, 1.165) is 26.1 Å². The van der Waals surface area contributed by atoms with Crippen LogP contribution in [-0.4, -0.2) is 49.6 Å². The van der Waals surface area contributed by atoms with Crippen LogP contribution in [0.15, 0.2) is 0 Å². The Morgan fingerprint density at radius 2 is 2.27 bits per heavy atom. The molecule has 0 radical (unpaired) electrons. The zero-order valence-electron chi connectivity index (χ0n) is 9.28. The fourth-order valence-electron chi connectivity index (χ4n) is 1.69. The molecule has 1 atom stereocenters. The number of carbonyl (C=O) groups is 2. The van der Waals surface area contributed by atoms with Crippen LogP contribution in [0.1, 0.15) is 19.8 Å². The predicted octanol–water partition coefficient (Wildman–Crippen LogP) is 0.396. The number of amides is 1. The second-order valence-electron chi connectivity index (χ2n) is 3.87. The monoisotopic (exact) mass is 214 g/mol. The van der Waals surface area contributed by atoms with Gasteiger partial charge in [0.15, 0.2) is 0 Å². The van der Waals surface area contributed by atoms with Gasteiger partial charge in [0.2, 0.25) is 0 Å². The molecule has 1 amide bonds. The molecule has 86 valence electrons. The van der Waals surface area contributed by atoms with Gasteiger partial charge >= 0.3 is 6.09 Å². The van der Waals surface area contributed by atoms with Crippen molar-refractivity contribution in [2.75, 3.05) is 26.7 Å². The summed E-state index contributed by atoms with van der Waals surface area (Å²) in [5, 5.41) is 2.76. The van der Waals surface area contributed by atoms with Gasteiger partial charge in [0, 0.05) is 32.1 Å². The van der Waals surface area contributed by atoms with Crippen LogP contribution in [0.3, 0.4) is 0 Å². The highest BCUT2D eigenvalue weighted by molar-refractivity contribution is 5.75. The van der Waals surface area contributed by atoms with E-state index >= 15 is 0 Å². The van der Waals surface area contributed by atoms with Crippen molar-refractivity contribution in [2.45, 2.75) is 25.8 Å². The Hall–Kier alpha value is -1.10. The summed E-state index contributed by atoms with van der Waals surface area (Å²) in [6, 6.07) is 0.157. The molecular formula is C10H18N2O3. The van der Waals surface area contributed by atoms with Crippen molar-refractivity contribution < 1.29 is 14.3 Å². The molecule has 1 heterocycles. The summed E-state index contributed by atoms with van der Waals surface area (Å²) in [6.45, 7) is 4.12. The third-order valence-electron chi connectivity index (χ3n) is 2.56. The zero-order chi connectivity index (χ0) is 11.3. The Labute approximate surface area is 89.8 Å². The fourth-order valence-corrected chi connectivity index (χ4v) is 1.69. The average Bonchev–Trinajstić information content (AvgIpc) is 2.62. The van der Waals surface area contributed by atoms with Gasteiger partial charge in [-0.05, 0) is 13.3 Å². The zero-order valence-corrected chi connectivity index (χ0v) is 9.28. The lowest BCUT2D eigenvalue weighted by atomic mass is 10.3. The average molecular weight is 214 g/mol. The molecule has 0 saturated carbocycles. The molecule has 0 aliphatic carbocycles. The van der Waals surface area contributed by atoms with Crippen LogP contribution in [0.25, 0.3) is 0 Å². The summed E-state index contributed by atoms with van der Waals surface area (Å²) >= 11 is 0. The number of rotatable bonds is 4. The van der Waals surface area contributed by atoms with Crippen LogP contribution in [-0.2, 0) is 9.53 Å². The van der Waals surface area contributed by atoms with Gasteiger partial charge < -0.3 is 15.0 Å². The Morgan fingerprint density at radius 3 is 2.87 bits per heavy atom. The first-order valence-electron chi connectivity index (χ1n) is 5.18. The third-order valence-corrected chi connectivity index (χ3v) is 2.56. The van der Waals surface area contributed by atoms with E-state index in [1.165, 1.54) is 7.11 Å². The van der Waals surface area contributed by atoms with Gasteiger partial charge in [-0.15, -0.1) is 0 Å². The van der Waals surface area contributed by atoms with Crippen LogP contribution in [0.2, 0.25) is 0 Å². The summed E-state index contributed by atoms with van der Waals surface area (Å²) in [5.74, 6) is 0.208. The van der Waals surface area contributed by atoms with E-state index in [1.807, 2.05) is 0 Å². The highest BCUT2D eigenvalue weighted by atomic mass is 16.5. The molecule has 0 aromatic carbocycles. The van der Waals surface area contributed by atoms with Gasteiger partial charge in [0.1, 0.15) is 5.78 Å². The van der Waals surface area contributed by atoms with Gasteiger partial charge in [-0.3, -0.25) is 4.79 Å². The maximum Gasteiger partial charge on any atom is 0.407 e. The topological polar surface area (TPSA) is 58.6 Å². The maximum atomic E-state index is 10.9. The molecule has 5 heteroatoms. The second-order valence-corrected chi connectivity index (χ2v) is 3.87. The number of ketones is 1. The largest absolute Gasteiger partial charge is 0.453 e. The summed E-state index contributed by atoms with van der Waals surface area (Å²) in [7, 11) is 1.36. The standard InChI is InChI=1S/C10H18N2O3/c1-8(13)3-5-12-6-4-9(7-12)11-10(14)15-2/h9H,3-7H2,1-2H3,(H,11,14). The Bertz CT molecular complexity index is 243. The molecule has 0 bridgehead atoms. The molecular weight excluding hydrogens is 196 g/mol. The summed E-state index contributed by atoms with van der Waals surface area (Å²) in [4.78, 5) is 23.9. The van der Waals surface area contributed by atoms with Crippen molar-refractivity contribution in [3.63, 3.8) is 0 Å². The minimum absolute atomic E-state index is 0.157. The molecule has 1 saturated heterocycles. The quantitative estimate of drug-likeness (QED) is 0.735. The number of alkyl carbamates (subject to hydrolysis) is 1. The lowest BCUT2D eigenvalue weighted by Crippen LogP contribution is -2.37. The molecule has 1 unspecified atom stereocenters. The number of hydrogen-bond donors (Lipinski definition) is 1. The van der Waals surface area contributed by atoms with E-state index in [0.29, 0.717) is 6.42 Å². The lowest BCUT2D eigenvalue weighted by molar-refractivity contribution is -0.117. The highest BCUT2D eigenvalue weighted by Gasteiger charge is 2.23. The number of carbonyl (C=O) groups excluding carboxylic acids is 2. The molecule has 1 aliphatic rings.